The zero-order valence-corrected chi connectivity index (χ0v) is 24.0. The molecule has 2 aromatic heterocycles. The Kier molecular flexibility index (Phi) is 5.75. The highest BCUT2D eigenvalue weighted by atomic mass is 19.4. The van der Waals surface area contributed by atoms with Gasteiger partial charge >= 0.3 is 6.18 Å². The van der Waals surface area contributed by atoms with Gasteiger partial charge in [-0.3, -0.25) is 9.78 Å². The lowest BCUT2D eigenvalue weighted by molar-refractivity contribution is -0.211. The molecule has 1 aromatic carbocycles. The maximum atomic E-state index is 14.6. The smallest absolute Gasteiger partial charge is 0.311 e. The summed E-state index contributed by atoms with van der Waals surface area (Å²) in [7, 11) is 0. The van der Waals surface area contributed by atoms with Crippen LogP contribution in [0.15, 0.2) is 55.0 Å². The standard InChI is InChI=1S/C34H34F4N4O/c35-33-18-32(19-33,20-33)29(43)42(26-3-1-2-23(14-26)24-15-40-28(41-16-24)22-4-5-22)21-30-8-11-31(12-9-30,13-10-30)27-7-6-25(17-39-27)34(36,37)38/h1-3,6-7,14-17,22H,4-5,8-13,18-21H2. The maximum Gasteiger partial charge on any atom is 0.417 e. The first-order valence-corrected chi connectivity index (χ1v) is 15.5. The second-order valence-corrected chi connectivity index (χ2v) is 14.2. The van der Waals surface area contributed by atoms with Crippen molar-refractivity contribution in [2.75, 3.05) is 11.4 Å². The van der Waals surface area contributed by atoms with Crippen molar-refractivity contribution in [2.24, 2.45) is 10.8 Å². The normalized spacial score (nSPS) is 32.6. The van der Waals surface area contributed by atoms with E-state index in [1.165, 1.54) is 0 Å². The quantitative estimate of drug-likeness (QED) is 0.262. The second kappa shape index (κ2) is 9.08. The SMILES string of the molecule is O=C(N(CC12CCC(c3ccc(C(F)(F)F)cn3)(CC1)CC2)c1cccc(-c2cnc(C3CC3)nc2)c1)C12CC(F)(C1)C2. The number of rotatable bonds is 7. The summed E-state index contributed by atoms with van der Waals surface area (Å²) in [6, 6.07) is 10.7. The van der Waals surface area contributed by atoms with Gasteiger partial charge in [-0.05, 0) is 106 Å². The van der Waals surface area contributed by atoms with E-state index in [2.05, 4.69) is 15.0 Å². The minimum atomic E-state index is -4.40. The number of benzene rings is 1. The van der Waals surface area contributed by atoms with Crippen LogP contribution in [0.3, 0.4) is 0 Å². The van der Waals surface area contributed by atoms with Gasteiger partial charge in [0.05, 0.1) is 11.0 Å². The third-order valence-corrected chi connectivity index (χ3v) is 11.3. The molecule has 5 nitrogen and oxygen atoms in total. The zero-order valence-electron chi connectivity index (χ0n) is 24.0. The Morgan fingerprint density at radius 3 is 2.09 bits per heavy atom. The van der Waals surface area contributed by atoms with Gasteiger partial charge in [0.1, 0.15) is 11.5 Å². The van der Waals surface area contributed by atoms with E-state index in [4.69, 9.17) is 0 Å². The number of nitrogens with zero attached hydrogens (tertiary/aromatic N) is 4. The summed E-state index contributed by atoms with van der Waals surface area (Å²) in [6.07, 6.45) is 8.57. The Hall–Kier alpha value is -3.36. The molecule has 0 N–H and O–H groups in total. The number of fused-ring (bicyclic) bond motifs is 3. The van der Waals surface area contributed by atoms with Crippen LogP contribution in [0.25, 0.3) is 11.1 Å². The lowest BCUT2D eigenvalue weighted by Gasteiger charge is -2.65. The molecule has 7 aliphatic carbocycles. The van der Waals surface area contributed by atoms with Crippen LogP contribution < -0.4 is 4.90 Å². The Morgan fingerprint density at radius 1 is 0.860 bits per heavy atom. The minimum Gasteiger partial charge on any atom is -0.311 e. The molecule has 0 saturated heterocycles. The average Bonchev–Trinajstić information content (AvgIpc) is 3.84. The highest BCUT2D eigenvalue weighted by molar-refractivity contribution is 6.00. The van der Waals surface area contributed by atoms with Gasteiger partial charge in [-0.15, -0.1) is 0 Å². The largest absolute Gasteiger partial charge is 0.417 e. The monoisotopic (exact) mass is 590 g/mol. The topological polar surface area (TPSA) is 59.0 Å². The highest BCUT2D eigenvalue weighted by Crippen LogP contribution is 2.70. The predicted octanol–water partition coefficient (Wildman–Crippen LogP) is 7.95. The third kappa shape index (κ3) is 4.48. The van der Waals surface area contributed by atoms with Gasteiger partial charge in [0.15, 0.2) is 0 Å². The number of carbonyl (C=O) groups excluding carboxylic acids is 1. The van der Waals surface area contributed by atoms with Crippen LogP contribution in [0, 0.1) is 10.8 Å². The molecule has 224 valence electrons. The summed E-state index contributed by atoms with van der Waals surface area (Å²) in [5, 5.41) is 0. The van der Waals surface area contributed by atoms with Crippen LogP contribution in [0.5, 0.6) is 0 Å². The van der Waals surface area contributed by atoms with Crippen molar-refractivity contribution in [3.8, 4) is 11.1 Å². The Balaban J connectivity index is 1.05. The maximum absolute atomic E-state index is 14.6. The van der Waals surface area contributed by atoms with Crippen molar-refractivity contribution in [1.29, 1.82) is 0 Å². The van der Waals surface area contributed by atoms with Gasteiger partial charge in [0.25, 0.3) is 0 Å². The van der Waals surface area contributed by atoms with E-state index < -0.39 is 22.8 Å². The van der Waals surface area contributed by atoms with Crippen molar-refractivity contribution in [3.63, 3.8) is 0 Å². The van der Waals surface area contributed by atoms with Crippen LogP contribution in [0.4, 0.5) is 23.2 Å². The van der Waals surface area contributed by atoms with Gasteiger partial charge in [-0.25, -0.2) is 14.4 Å². The third-order valence-electron chi connectivity index (χ3n) is 11.3. The predicted molar refractivity (Wildman–Crippen MR) is 153 cm³/mol. The number of anilines is 1. The molecule has 7 fully saturated rings. The van der Waals surface area contributed by atoms with E-state index >= 15 is 0 Å². The van der Waals surface area contributed by atoms with Crippen LogP contribution >= 0.6 is 0 Å². The molecule has 2 heterocycles. The first-order chi connectivity index (χ1) is 20.5. The highest BCUT2D eigenvalue weighted by Gasteiger charge is 2.73. The number of hydrogen-bond acceptors (Lipinski definition) is 4. The zero-order chi connectivity index (χ0) is 29.7. The van der Waals surface area contributed by atoms with Crippen molar-refractivity contribution in [1.82, 2.24) is 15.0 Å². The Morgan fingerprint density at radius 2 is 1.53 bits per heavy atom. The molecule has 0 atom stereocenters. The summed E-state index contributed by atoms with van der Waals surface area (Å²) < 4.78 is 54.0. The molecular formula is C34H34F4N4O. The molecule has 0 aliphatic heterocycles. The summed E-state index contributed by atoms with van der Waals surface area (Å²) >= 11 is 0. The lowest BCUT2D eigenvalue weighted by Crippen LogP contribution is -2.71. The second-order valence-electron chi connectivity index (χ2n) is 14.2. The first-order valence-electron chi connectivity index (χ1n) is 15.5. The van der Waals surface area contributed by atoms with E-state index in [0.29, 0.717) is 31.7 Å². The van der Waals surface area contributed by atoms with E-state index in [0.717, 1.165) is 92.0 Å². The van der Waals surface area contributed by atoms with Crippen molar-refractivity contribution in [3.05, 3.63) is 72.1 Å². The van der Waals surface area contributed by atoms with Crippen molar-refractivity contribution in [2.45, 2.75) is 93.8 Å². The molecule has 7 saturated carbocycles. The van der Waals surface area contributed by atoms with E-state index in [9.17, 15) is 22.4 Å². The summed E-state index contributed by atoms with van der Waals surface area (Å²) in [6.45, 7) is 0.559. The van der Waals surface area contributed by atoms with Crippen molar-refractivity contribution >= 4 is 11.6 Å². The molecule has 10 rings (SSSR count). The lowest BCUT2D eigenvalue weighted by atomic mass is 9.41. The van der Waals surface area contributed by atoms with Gasteiger partial charge in [-0.1, -0.05) is 12.1 Å². The van der Waals surface area contributed by atoms with Crippen LogP contribution in [-0.2, 0) is 16.4 Å². The average molecular weight is 591 g/mol. The summed E-state index contributed by atoms with van der Waals surface area (Å²) in [5.41, 5.74) is 0.578. The fourth-order valence-electron chi connectivity index (χ4n) is 8.45. The van der Waals surface area contributed by atoms with Crippen LogP contribution in [0.1, 0.15) is 93.6 Å². The van der Waals surface area contributed by atoms with Gasteiger partial charge in [-0.2, -0.15) is 13.2 Å². The van der Waals surface area contributed by atoms with E-state index in [-0.39, 0.29) is 16.7 Å². The summed E-state index contributed by atoms with van der Waals surface area (Å²) in [5.74, 6) is 1.38. The molecule has 7 aliphatic rings. The summed E-state index contributed by atoms with van der Waals surface area (Å²) in [4.78, 5) is 29.5. The van der Waals surface area contributed by atoms with Crippen LogP contribution in [0.2, 0.25) is 0 Å². The molecule has 3 aromatic rings. The molecular weight excluding hydrogens is 556 g/mol. The Labute approximate surface area is 248 Å². The molecule has 0 radical (unpaired) electrons. The van der Waals surface area contributed by atoms with Gasteiger partial charge < -0.3 is 4.90 Å². The molecule has 9 heteroatoms. The number of carbonyl (C=O) groups is 1. The number of hydrogen-bond donors (Lipinski definition) is 0. The van der Waals surface area contributed by atoms with Gasteiger partial charge in [0, 0.05) is 53.4 Å². The number of aromatic nitrogens is 3. The van der Waals surface area contributed by atoms with E-state index in [1.807, 2.05) is 41.6 Å². The molecule has 1 amide bonds. The minimum absolute atomic E-state index is 0.0192. The molecule has 43 heavy (non-hydrogen) atoms. The number of halogens is 4. The van der Waals surface area contributed by atoms with E-state index in [1.54, 1.807) is 6.07 Å². The Bertz CT molecular complexity index is 1540. The van der Waals surface area contributed by atoms with Gasteiger partial charge in [0.2, 0.25) is 5.91 Å². The molecule has 0 spiro atoms. The van der Waals surface area contributed by atoms with Crippen LogP contribution in [-0.4, -0.2) is 33.1 Å². The number of alkyl halides is 4. The number of pyridine rings is 1. The first kappa shape index (κ1) is 27.2. The molecule has 0 unspecified atom stereocenters. The van der Waals surface area contributed by atoms with Crippen molar-refractivity contribution < 1.29 is 22.4 Å². The number of amides is 1. The fraction of sp³-hybridized carbons (Fsp3) is 0.529. The molecule has 4 bridgehead atoms. The fourth-order valence-corrected chi connectivity index (χ4v) is 8.45.